The smallest absolute Gasteiger partial charge is 0.370 e. The van der Waals surface area contributed by atoms with Gasteiger partial charge >= 0.3 is 27.6 Å². The molecule has 20 heteroatoms. The van der Waals surface area contributed by atoms with E-state index in [1.54, 1.807) is 0 Å². The molecule has 1 fully saturated rings. The van der Waals surface area contributed by atoms with Gasteiger partial charge in [-0.05, 0) is 0 Å². The summed E-state index contributed by atoms with van der Waals surface area (Å²) >= 11 is 0. The van der Waals surface area contributed by atoms with Crippen LogP contribution in [0.15, 0.2) is 0 Å². The van der Waals surface area contributed by atoms with Crippen LogP contribution >= 0.6 is 15.6 Å². The fourth-order valence-corrected chi connectivity index (χ4v) is 2.83. The van der Waals surface area contributed by atoms with Gasteiger partial charge in [0.25, 0.3) is 0 Å². The van der Waals surface area contributed by atoms with Crippen LogP contribution in [0.5, 0.6) is 0 Å². The third-order valence-corrected chi connectivity index (χ3v) is 4.21. The highest BCUT2D eigenvalue weighted by molar-refractivity contribution is 7.52. The second-order valence-electron chi connectivity index (χ2n) is 4.73. The Morgan fingerprint density at radius 2 is 1.11 bits per heavy atom. The number of carbonyl (C=O) groups excluding carboxylic acids is 2. The summed E-state index contributed by atoms with van der Waals surface area (Å²) in [5.41, 5.74) is 10.2. The molecule has 0 bridgehead atoms. The molecule has 0 unspecified atom stereocenters. The predicted molar refractivity (Wildman–Crippen MR) is 83.0 cm³/mol. The van der Waals surface area contributed by atoms with Gasteiger partial charge in [0.05, 0.1) is 0 Å². The van der Waals surface area contributed by atoms with E-state index in [0.29, 0.717) is 0 Å². The molecule has 1 aliphatic rings. The van der Waals surface area contributed by atoms with Gasteiger partial charge in [-0.15, -0.1) is 18.7 Å². The van der Waals surface area contributed by atoms with Crippen LogP contribution in [0.25, 0.3) is 0 Å². The summed E-state index contributed by atoms with van der Waals surface area (Å²) in [4.78, 5) is 32.8. The summed E-state index contributed by atoms with van der Waals surface area (Å²) < 4.78 is 47.8. The Hall–Kier alpha value is -2.30. The quantitative estimate of drug-likeness (QED) is 0.110. The molecular formula is C8H16N6O12P2. The number of nitrogens with two attached hydrogens (primary N) is 2. The van der Waals surface area contributed by atoms with Crippen LogP contribution in [0, 0.1) is 10.8 Å². The molecule has 0 amide bonds. The standard InChI is InChI=1S/C8H16N6O12P2/c1-13(7(9)10)3-5(15)19-21-27(17)23-25-28(18,26-24-27)22-20-6(16)4-14(2)8(11)12/h3-4H2,1-2H3,(H3,9,10)(H3,11,12). The minimum absolute atomic E-state index is 0.470. The normalized spacial score (nSPS) is 24.1. The van der Waals surface area contributed by atoms with Crippen LogP contribution in [0.1, 0.15) is 0 Å². The first-order chi connectivity index (χ1) is 12.9. The maximum Gasteiger partial charge on any atom is 0.566 e. The van der Waals surface area contributed by atoms with Crippen molar-refractivity contribution in [3.63, 3.8) is 0 Å². The number of likely N-dealkylation sites (N-methyl/N-ethyl adjacent to an activating group) is 2. The maximum atomic E-state index is 11.8. The van der Waals surface area contributed by atoms with Gasteiger partial charge in [-0.1, -0.05) is 9.35 Å². The number of nitrogens with zero attached hydrogens (tertiary/aromatic N) is 2. The molecule has 18 nitrogen and oxygen atoms in total. The Morgan fingerprint density at radius 3 is 1.36 bits per heavy atom. The second-order valence-corrected chi connectivity index (χ2v) is 7.42. The van der Waals surface area contributed by atoms with Gasteiger partial charge in [-0.2, -0.15) is 0 Å². The van der Waals surface area contributed by atoms with Crippen LogP contribution in [-0.4, -0.2) is 60.8 Å². The lowest BCUT2D eigenvalue weighted by molar-refractivity contribution is -0.328. The van der Waals surface area contributed by atoms with Crippen LogP contribution in [0.4, 0.5) is 0 Å². The molecule has 0 atom stereocenters. The average molecular weight is 450 g/mol. The highest BCUT2D eigenvalue weighted by atomic mass is 31.2. The zero-order valence-electron chi connectivity index (χ0n) is 14.3. The van der Waals surface area contributed by atoms with E-state index in [9.17, 15) is 18.7 Å². The van der Waals surface area contributed by atoms with E-state index in [1.807, 2.05) is 0 Å². The lowest BCUT2D eigenvalue weighted by Crippen LogP contribution is -2.37. The minimum atomic E-state index is -4.83. The number of nitrogens with one attached hydrogen (secondary N) is 2. The topological polar surface area (TPSA) is 248 Å². The number of hydrogen-bond donors (Lipinski definition) is 4. The SMILES string of the molecule is CN(CC(=O)OOP1(=O)OOP(=O)(OOC(=O)CN(C)C(=N)N)OO1)C(=N)N. The van der Waals surface area contributed by atoms with Gasteiger partial charge in [0.1, 0.15) is 13.1 Å². The highest BCUT2D eigenvalue weighted by Gasteiger charge is 2.50. The highest BCUT2D eigenvalue weighted by Crippen LogP contribution is 2.65. The summed E-state index contributed by atoms with van der Waals surface area (Å²) in [7, 11) is -7.12. The van der Waals surface area contributed by atoms with Gasteiger partial charge in [-0.25, -0.2) is 18.7 Å². The van der Waals surface area contributed by atoms with Gasteiger partial charge in [0.15, 0.2) is 11.9 Å². The molecule has 0 aromatic rings. The van der Waals surface area contributed by atoms with Crippen molar-refractivity contribution in [2.24, 2.45) is 11.5 Å². The molecule has 0 spiro atoms. The first-order valence-corrected chi connectivity index (χ1v) is 9.62. The molecule has 1 saturated heterocycles. The molecule has 0 saturated carbocycles. The van der Waals surface area contributed by atoms with Crippen molar-refractivity contribution >= 4 is 39.5 Å². The van der Waals surface area contributed by atoms with Gasteiger partial charge in [0.2, 0.25) is 0 Å². The maximum absolute atomic E-state index is 11.8. The second kappa shape index (κ2) is 9.76. The Kier molecular flexibility index (Phi) is 8.28. The average Bonchev–Trinajstić information content (AvgIpc) is 2.61. The monoisotopic (exact) mass is 450 g/mol. The molecule has 1 rings (SSSR count). The van der Waals surface area contributed by atoms with Crippen molar-refractivity contribution in [2.45, 2.75) is 0 Å². The Bertz CT molecular complexity index is 655. The summed E-state index contributed by atoms with van der Waals surface area (Å²) in [6.07, 6.45) is 0. The van der Waals surface area contributed by atoms with E-state index in [4.69, 9.17) is 22.3 Å². The molecule has 0 radical (unpaired) electrons. The third kappa shape index (κ3) is 7.75. The molecule has 1 heterocycles. The molecule has 0 aliphatic carbocycles. The lowest BCUT2D eigenvalue weighted by atomic mass is 10.6. The van der Waals surface area contributed by atoms with E-state index in [0.717, 1.165) is 9.80 Å². The van der Waals surface area contributed by atoms with Gasteiger partial charge < -0.3 is 21.3 Å². The van der Waals surface area contributed by atoms with E-state index in [1.165, 1.54) is 14.1 Å². The number of rotatable bonds is 8. The Balaban J connectivity index is 2.43. The van der Waals surface area contributed by atoms with E-state index in [2.05, 4.69) is 37.8 Å². The van der Waals surface area contributed by atoms with Crippen LogP contribution < -0.4 is 11.5 Å². The zero-order chi connectivity index (χ0) is 21.5. The summed E-state index contributed by atoms with van der Waals surface area (Å²) in [6, 6.07) is 0. The first kappa shape index (κ1) is 23.7. The van der Waals surface area contributed by atoms with Gasteiger partial charge in [0, 0.05) is 14.1 Å². The fourth-order valence-electron chi connectivity index (χ4n) is 1.02. The lowest BCUT2D eigenvalue weighted by Gasteiger charge is -2.22. The molecule has 0 aromatic heterocycles. The summed E-state index contributed by atoms with van der Waals surface area (Å²) in [5.74, 6) is -3.28. The largest absolute Gasteiger partial charge is 0.566 e. The molecular weight excluding hydrogens is 434 g/mol. The molecule has 28 heavy (non-hydrogen) atoms. The van der Waals surface area contributed by atoms with Crippen LogP contribution in [0.2, 0.25) is 0 Å². The fraction of sp³-hybridized carbons (Fsp3) is 0.500. The van der Waals surface area contributed by atoms with Crippen molar-refractivity contribution in [3.8, 4) is 0 Å². The van der Waals surface area contributed by atoms with E-state index < -0.39 is 52.6 Å². The number of hydrogen-bond acceptors (Lipinski definition) is 14. The Labute approximate surface area is 156 Å². The van der Waals surface area contributed by atoms with Crippen molar-refractivity contribution in [1.82, 2.24) is 9.80 Å². The van der Waals surface area contributed by atoms with E-state index in [-0.39, 0.29) is 0 Å². The zero-order valence-corrected chi connectivity index (χ0v) is 16.0. The Morgan fingerprint density at radius 1 is 0.821 bits per heavy atom. The van der Waals surface area contributed by atoms with Crippen molar-refractivity contribution < 1.29 is 56.5 Å². The number of carbonyl (C=O) groups is 2. The summed E-state index contributed by atoms with van der Waals surface area (Å²) in [6.45, 7) is -1.13. The molecule has 160 valence electrons. The van der Waals surface area contributed by atoms with Crippen molar-refractivity contribution in [3.05, 3.63) is 0 Å². The molecule has 1 aliphatic heterocycles. The molecule has 6 N–H and O–H groups in total. The predicted octanol–water partition coefficient (Wildman–Crippen LogP) is -1.29. The third-order valence-electron chi connectivity index (χ3n) is 2.43. The van der Waals surface area contributed by atoms with E-state index >= 15 is 0 Å². The van der Waals surface area contributed by atoms with Crippen LogP contribution in [-0.2, 0) is 56.5 Å². The number of phosphoric acid groups is 2. The van der Waals surface area contributed by atoms with Gasteiger partial charge in [-0.3, -0.25) is 20.6 Å². The number of guanidine groups is 2. The summed E-state index contributed by atoms with van der Waals surface area (Å²) in [5, 5.41) is 14.1. The first-order valence-electron chi connectivity index (χ1n) is 6.70. The minimum Gasteiger partial charge on any atom is -0.370 e. The molecule has 0 aromatic carbocycles. The van der Waals surface area contributed by atoms with Crippen molar-refractivity contribution in [2.75, 3.05) is 27.2 Å². The van der Waals surface area contributed by atoms with Crippen molar-refractivity contribution in [1.29, 1.82) is 10.8 Å². The van der Waals surface area contributed by atoms with Crippen LogP contribution in [0.3, 0.4) is 0 Å².